The van der Waals surface area contributed by atoms with Crippen molar-refractivity contribution in [2.45, 2.75) is 6.92 Å². The molecule has 0 bridgehead atoms. The van der Waals surface area contributed by atoms with Crippen LogP contribution in [0, 0.1) is 10.1 Å². The number of aromatic nitrogens is 6. The Morgan fingerprint density at radius 2 is 1.16 bits per heavy atom. The van der Waals surface area contributed by atoms with Crippen LogP contribution in [0.1, 0.15) is 6.92 Å². The van der Waals surface area contributed by atoms with E-state index in [2.05, 4.69) is 29.9 Å². The van der Waals surface area contributed by atoms with Gasteiger partial charge in [0, 0.05) is 83.2 Å². The minimum atomic E-state index is -0.826. The molecule has 0 aromatic carbocycles. The summed E-state index contributed by atoms with van der Waals surface area (Å²) >= 11 is 11.6. The van der Waals surface area contributed by atoms with E-state index < -0.39 is 23.8 Å². The number of hydrogen-bond acceptors (Lipinski definition) is 12. The Labute approximate surface area is 314 Å². The van der Waals surface area contributed by atoms with Crippen molar-refractivity contribution < 1.29 is 10.0 Å². The zero-order valence-corrected chi connectivity index (χ0v) is 32.0. The molecular weight excluding hydrogens is 833 g/mol. The summed E-state index contributed by atoms with van der Waals surface area (Å²) in [6.45, 7) is 1.93. The average molecular weight is 861 g/mol. The Hall–Kier alpha value is -4.38. The monoisotopic (exact) mass is 860 g/mol. The molecule has 7 N–H and O–H groups in total. The quantitative estimate of drug-likeness (QED) is 0.0759. The summed E-state index contributed by atoms with van der Waals surface area (Å²) in [6, 6.07) is 14.1. The fourth-order valence-electron chi connectivity index (χ4n) is 4.12. The third-order valence-electron chi connectivity index (χ3n) is 6.26. The number of nitro groups is 1. The second-order valence-corrected chi connectivity index (χ2v) is 14.6. The molecule has 18 heteroatoms. The van der Waals surface area contributed by atoms with Crippen LogP contribution >= 0.6 is 41.0 Å². The molecule has 0 amide bonds. The molecule has 0 fully saturated rings. The fraction of sp³-hybridized carbons (Fsp3) is 0.0625. The Balaban J connectivity index is 0.000000235. The molecule has 50 heavy (non-hydrogen) atoms. The van der Waals surface area contributed by atoms with Gasteiger partial charge in [0.15, 0.2) is 0 Å². The minimum absolute atomic E-state index is 0.154. The normalized spacial score (nSPS) is 9.96. The van der Waals surface area contributed by atoms with Crippen LogP contribution in [-0.4, -0.2) is 65.4 Å². The van der Waals surface area contributed by atoms with E-state index in [9.17, 15) is 10.1 Å². The van der Waals surface area contributed by atoms with Gasteiger partial charge < -0.3 is 22.3 Å². The number of nitrogen functional groups attached to an aromatic ring is 3. The van der Waals surface area contributed by atoms with Gasteiger partial charge in [-0.15, -0.1) is 0 Å². The van der Waals surface area contributed by atoms with Gasteiger partial charge in [-0.2, -0.15) is 0 Å². The van der Waals surface area contributed by atoms with E-state index in [-0.39, 0.29) is 18.1 Å². The molecule has 6 aromatic heterocycles. The van der Waals surface area contributed by atoms with Gasteiger partial charge in [-0.25, -0.2) is 9.97 Å². The summed E-state index contributed by atoms with van der Waals surface area (Å²) < 4.78 is 0. The van der Waals surface area contributed by atoms with Gasteiger partial charge in [0.25, 0.3) is 5.69 Å². The van der Waals surface area contributed by atoms with Gasteiger partial charge in [-0.05, 0) is 49.4 Å². The Morgan fingerprint density at radius 3 is 1.58 bits per heavy atom. The molecule has 2 radical (unpaired) electrons. The Kier molecular flexibility index (Phi) is 16.3. The molecule has 6 rings (SSSR count). The molecule has 6 heterocycles. The number of pyridine rings is 6. The van der Waals surface area contributed by atoms with Gasteiger partial charge in [-0.1, -0.05) is 23.2 Å². The third kappa shape index (κ3) is 11.3. The third-order valence-corrected chi connectivity index (χ3v) is 6.86. The number of rotatable bonds is 5. The van der Waals surface area contributed by atoms with Crippen LogP contribution in [0.15, 0.2) is 98.1 Å². The average Bonchev–Trinajstić information content (AvgIpc) is 3.12. The molecule has 0 aliphatic carbocycles. The number of anilines is 3. The first-order valence-corrected chi connectivity index (χ1v) is 22.1. The summed E-state index contributed by atoms with van der Waals surface area (Å²) in [4.78, 5) is 35.0. The second-order valence-electron chi connectivity index (χ2n) is 9.55. The van der Waals surface area contributed by atoms with E-state index in [0.717, 1.165) is 28.6 Å². The molecule has 0 unspecified atom stereocenters. The molecule has 0 atom stereocenters. The van der Waals surface area contributed by atoms with E-state index in [1.54, 1.807) is 56.1 Å². The van der Waals surface area contributed by atoms with Crippen molar-refractivity contribution in [3.63, 3.8) is 0 Å². The number of hydrogen-bond donors (Lipinski definition) is 4. The fourth-order valence-corrected chi connectivity index (χ4v) is 4.53. The summed E-state index contributed by atoms with van der Waals surface area (Å²) in [5.74, 6) is 0.523. The number of aliphatic hydroxyl groups excluding tert-OH is 1. The molecule has 0 spiro atoms. The van der Waals surface area contributed by atoms with E-state index in [4.69, 9.17) is 63.4 Å². The topological polar surface area (TPSA) is 219 Å². The van der Waals surface area contributed by atoms with Crippen molar-refractivity contribution in [1.82, 2.24) is 29.9 Å². The molecule has 0 saturated heterocycles. The molecule has 13 nitrogen and oxygen atoms in total. The van der Waals surface area contributed by atoms with Crippen molar-refractivity contribution in [2.75, 3.05) is 23.8 Å². The molecule has 6 aromatic rings. The zero-order chi connectivity index (χ0) is 36.6. The van der Waals surface area contributed by atoms with Crippen LogP contribution in [0.4, 0.5) is 23.0 Å². The Bertz CT molecular complexity index is 2020. The standard InChI is InChI=1S/C15H10ClN5O2.C15H12ClN5.C2H6O.2ClH.Sn/c16-13-8-19-14(9-2-1-3-18-6-9)5-11(13)12-4-10(21(22)23)7-20-15(12)17;16-13-8-20-14(9-2-1-3-19-6-9)5-11(13)12-4-10(17)7-21-15(12)18;1-2-3;;;/h1-8H,(H2,17,20);1-8H,17H2,(H2,18,21);3H,2H2,1H3;2*1H;/q;;;;;+2/p-2. The van der Waals surface area contributed by atoms with Gasteiger partial charge in [0.2, 0.25) is 0 Å². The molecule has 0 saturated carbocycles. The summed E-state index contributed by atoms with van der Waals surface area (Å²) in [5.41, 5.74) is 23.3. The van der Waals surface area contributed by atoms with Crippen LogP contribution in [0.5, 0.6) is 0 Å². The maximum atomic E-state index is 10.9. The maximum absolute atomic E-state index is 10.9. The first kappa shape index (κ1) is 40.1. The predicted molar refractivity (Wildman–Crippen MR) is 202 cm³/mol. The SMILES string of the molecule is CCO.Nc1cnc(N)c(-c2cc(-c3cccnc3)ncc2Cl)c1.Nc1ncc([N+](=O)[O-])cc1-c1cc(-c2cccnc2)ncc1Cl.[Cl][Sn][Cl]. The summed E-state index contributed by atoms with van der Waals surface area (Å²) in [7, 11) is 9.87. The van der Waals surface area contributed by atoms with E-state index in [0.29, 0.717) is 43.9 Å². The van der Waals surface area contributed by atoms with Gasteiger partial charge >= 0.3 is 36.7 Å². The van der Waals surface area contributed by atoms with Crippen molar-refractivity contribution in [2.24, 2.45) is 0 Å². The molecular formula is C32H28Cl4N10O3Sn. The number of nitrogens with zero attached hydrogens (tertiary/aromatic N) is 7. The van der Waals surface area contributed by atoms with E-state index in [1.165, 1.54) is 18.5 Å². The first-order chi connectivity index (χ1) is 24.0. The molecule has 0 aliphatic heterocycles. The van der Waals surface area contributed by atoms with Gasteiger partial charge in [0.1, 0.15) is 17.8 Å². The van der Waals surface area contributed by atoms with E-state index >= 15 is 0 Å². The Morgan fingerprint density at radius 1 is 0.720 bits per heavy atom. The van der Waals surface area contributed by atoms with Gasteiger partial charge in [-0.3, -0.25) is 30.1 Å². The zero-order valence-electron chi connectivity index (χ0n) is 26.1. The van der Waals surface area contributed by atoms with Crippen molar-refractivity contribution in [1.29, 1.82) is 0 Å². The van der Waals surface area contributed by atoms with Crippen LogP contribution < -0.4 is 17.2 Å². The first-order valence-electron chi connectivity index (χ1n) is 14.1. The van der Waals surface area contributed by atoms with Gasteiger partial charge in [0.05, 0.1) is 38.2 Å². The molecule has 0 aliphatic rings. The molecule has 256 valence electrons. The summed E-state index contributed by atoms with van der Waals surface area (Å²) in [5, 5.41) is 19.3. The number of nitrogens with two attached hydrogens (primary N) is 3. The predicted octanol–water partition coefficient (Wildman–Crippen LogP) is 7.37. The van der Waals surface area contributed by atoms with E-state index in [1.807, 2.05) is 24.3 Å². The number of halogens is 4. The van der Waals surface area contributed by atoms with Crippen LogP contribution in [0.25, 0.3) is 44.8 Å². The van der Waals surface area contributed by atoms with Crippen molar-refractivity contribution >= 4 is 82.9 Å². The summed E-state index contributed by atoms with van der Waals surface area (Å²) in [6.07, 6.45) is 12.4. The van der Waals surface area contributed by atoms with Crippen LogP contribution in [0.3, 0.4) is 0 Å². The van der Waals surface area contributed by atoms with Crippen molar-refractivity contribution in [3.05, 3.63) is 118 Å². The van der Waals surface area contributed by atoms with Crippen molar-refractivity contribution in [3.8, 4) is 44.8 Å². The van der Waals surface area contributed by atoms with Crippen LogP contribution in [-0.2, 0) is 0 Å². The van der Waals surface area contributed by atoms with Crippen LogP contribution in [0.2, 0.25) is 10.0 Å². The second kappa shape index (κ2) is 20.3. The number of aliphatic hydroxyl groups is 1.